The molecule has 2 N–H and O–H groups in total. The van der Waals surface area contributed by atoms with Gasteiger partial charge in [0.05, 0.1) is 11.1 Å². The van der Waals surface area contributed by atoms with E-state index in [1.807, 2.05) is 6.92 Å². The second-order valence-electron chi connectivity index (χ2n) is 5.16. The van der Waals surface area contributed by atoms with Crippen LogP contribution in [0.5, 0.6) is 0 Å². The van der Waals surface area contributed by atoms with Gasteiger partial charge in [-0.15, -0.1) is 0 Å². The lowest BCUT2D eigenvalue weighted by Gasteiger charge is -2.08. The van der Waals surface area contributed by atoms with E-state index in [0.717, 1.165) is 12.8 Å². The molecule has 0 aliphatic rings. The fraction of sp³-hybridized carbons (Fsp3) is 0.533. The predicted molar refractivity (Wildman–Crippen MR) is 78.6 cm³/mol. The molecule has 0 fully saturated rings. The Morgan fingerprint density at radius 3 is 2.15 bits per heavy atom. The standard InChI is InChI=1S/C15H23N3O2/c1-4-6-17-14(19)12-8-13(10-16-9-12)15(20)18-7-5-11(2)3/h8-11H,4-7H2,1-3H3,(H,17,19)(H,18,20). The summed E-state index contributed by atoms with van der Waals surface area (Å²) < 4.78 is 0. The first-order valence-electron chi connectivity index (χ1n) is 7.06. The Balaban J connectivity index is 2.62. The molecular formula is C15H23N3O2. The predicted octanol–water partition coefficient (Wildman–Crippen LogP) is 2.00. The van der Waals surface area contributed by atoms with E-state index in [1.54, 1.807) is 6.07 Å². The van der Waals surface area contributed by atoms with Gasteiger partial charge < -0.3 is 10.6 Å². The smallest absolute Gasteiger partial charge is 0.252 e. The zero-order chi connectivity index (χ0) is 15.0. The molecule has 0 saturated carbocycles. The topological polar surface area (TPSA) is 71.1 Å². The SMILES string of the molecule is CCCNC(=O)c1cncc(C(=O)NCCC(C)C)c1. The van der Waals surface area contributed by atoms with Crippen molar-refractivity contribution in [2.45, 2.75) is 33.6 Å². The van der Waals surface area contributed by atoms with Crippen molar-refractivity contribution in [3.63, 3.8) is 0 Å². The first-order valence-corrected chi connectivity index (χ1v) is 7.06. The number of amides is 2. The lowest BCUT2D eigenvalue weighted by Crippen LogP contribution is -2.27. The Bertz CT molecular complexity index is 458. The highest BCUT2D eigenvalue weighted by Gasteiger charge is 2.10. The molecule has 0 atom stereocenters. The molecule has 1 heterocycles. The Morgan fingerprint density at radius 1 is 1.10 bits per heavy atom. The Kier molecular flexibility index (Phi) is 6.70. The van der Waals surface area contributed by atoms with Gasteiger partial charge in [-0.25, -0.2) is 0 Å². The van der Waals surface area contributed by atoms with Crippen LogP contribution in [0.3, 0.4) is 0 Å². The van der Waals surface area contributed by atoms with Crippen LogP contribution < -0.4 is 10.6 Å². The molecule has 1 rings (SSSR count). The van der Waals surface area contributed by atoms with Crippen LogP contribution in [0.25, 0.3) is 0 Å². The summed E-state index contributed by atoms with van der Waals surface area (Å²) in [5.74, 6) is 0.152. The highest BCUT2D eigenvalue weighted by atomic mass is 16.2. The summed E-state index contributed by atoms with van der Waals surface area (Å²) in [6.45, 7) is 7.43. The zero-order valence-corrected chi connectivity index (χ0v) is 12.4. The van der Waals surface area contributed by atoms with Gasteiger partial charge in [-0.3, -0.25) is 14.6 Å². The Labute approximate surface area is 120 Å². The van der Waals surface area contributed by atoms with Gasteiger partial charge in [0.15, 0.2) is 0 Å². The summed E-state index contributed by atoms with van der Waals surface area (Å²) in [7, 11) is 0. The van der Waals surface area contributed by atoms with Gasteiger partial charge in [0.2, 0.25) is 0 Å². The molecule has 5 heteroatoms. The number of pyridine rings is 1. The lowest BCUT2D eigenvalue weighted by atomic mass is 10.1. The minimum atomic E-state index is -0.198. The first-order chi connectivity index (χ1) is 9.54. The van der Waals surface area contributed by atoms with Crippen molar-refractivity contribution in [1.29, 1.82) is 0 Å². The largest absolute Gasteiger partial charge is 0.352 e. The minimum Gasteiger partial charge on any atom is -0.352 e. The van der Waals surface area contributed by atoms with E-state index in [-0.39, 0.29) is 11.8 Å². The van der Waals surface area contributed by atoms with E-state index in [4.69, 9.17) is 0 Å². The average molecular weight is 277 g/mol. The molecule has 0 saturated heterocycles. The Hall–Kier alpha value is -1.91. The van der Waals surface area contributed by atoms with Gasteiger partial charge in [0, 0.05) is 25.5 Å². The number of aromatic nitrogens is 1. The third-order valence-corrected chi connectivity index (χ3v) is 2.81. The summed E-state index contributed by atoms with van der Waals surface area (Å²) in [4.78, 5) is 27.7. The molecule has 0 aliphatic carbocycles. The highest BCUT2D eigenvalue weighted by molar-refractivity contribution is 5.99. The molecule has 20 heavy (non-hydrogen) atoms. The molecule has 5 nitrogen and oxygen atoms in total. The van der Waals surface area contributed by atoms with E-state index in [9.17, 15) is 9.59 Å². The fourth-order valence-corrected chi connectivity index (χ4v) is 1.61. The van der Waals surface area contributed by atoms with Crippen LogP contribution in [-0.4, -0.2) is 29.9 Å². The molecule has 0 unspecified atom stereocenters. The summed E-state index contributed by atoms with van der Waals surface area (Å²) in [5, 5.41) is 5.59. The van der Waals surface area contributed by atoms with Crippen molar-refractivity contribution >= 4 is 11.8 Å². The molecule has 0 bridgehead atoms. The number of carbonyl (C=O) groups excluding carboxylic acids is 2. The molecule has 1 aromatic rings. The van der Waals surface area contributed by atoms with Gasteiger partial charge in [0.1, 0.15) is 0 Å². The van der Waals surface area contributed by atoms with Crippen LogP contribution in [0, 0.1) is 5.92 Å². The van der Waals surface area contributed by atoms with Crippen LogP contribution in [0.2, 0.25) is 0 Å². The summed E-state index contributed by atoms with van der Waals surface area (Å²) in [6.07, 6.45) is 4.74. The van der Waals surface area contributed by atoms with E-state index >= 15 is 0 Å². The molecule has 110 valence electrons. The van der Waals surface area contributed by atoms with Crippen molar-refractivity contribution in [2.24, 2.45) is 5.92 Å². The maximum Gasteiger partial charge on any atom is 0.252 e. The fourth-order valence-electron chi connectivity index (χ4n) is 1.61. The van der Waals surface area contributed by atoms with Crippen LogP contribution >= 0.6 is 0 Å². The average Bonchev–Trinajstić information content (AvgIpc) is 2.44. The molecular weight excluding hydrogens is 254 g/mol. The van der Waals surface area contributed by atoms with Gasteiger partial charge >= 0.3 is 0 Å². The maximum absolute atomic E-state index is 11.9. The molecule has 0 aliphatic heterocycles. The second kappa shape index (κ2) is 8.30. The van der Waals surface area contributed by atoms with Crippen molar-refractivity contribution in [3.05, 3.63) is 29.6 Å². The van der Waals surface area contributed by atoms with Crippen LogP contribution in [0.4, 0.5) is 0 Å². The molecule has 1 aromatic heterocycles. The van der Waals surface area contributed by atoms with Gasteiger partial charge in [-0.05, 0) is 24.8 Å². The first kappa shape index (κ1) is 16.1. The number of carbonyl (C=O) groups is 2. The molecule has 2 amide bonds. The van der Waals surface area contributed by atoms with Crippen molar-refractivity contribution in [1.82, 2.24) is 15.6 Å². The van der Waals surface area contributed by atoms with Gasteiger partial charge in [0.25, 0.3) is 11.8 Å². The number of hydrogen-bond donors (Lipinski definition) is 2. The highest BCUT2D eigenvalue weighted by Crippen LogP contribution is 2.04. The quantitative estimate of drug-likeness (QED) is 0.800. The van der Waals surface area contributed by atoms with Gasteiger partial charge in [-0.1, -0.05) is 20.8 Å². The van der Waals surface area contributed by atoms with E-state index in [1.165, 1.54) is 12.4 Å². The van der Waals surface area contributed by atoms with Crippen molar-refractivity contribution in [3.8, 4) is 0 Å². The number of hydrogen-bond acceptors (Lipinski definition) is 3. The number of nitrogens with zero attached hydrogens (tertiary/aromatic N) is 1. The third kappa shape index (κ3) is 5.38. The number of rotatable bonds is 7. The molecule has 0 radical (unpaired) electrons. The molecule has 0 aromatic carbocycles. The summed E-state index contributed by atoms with van der Waals surface area (Å²) in [6, 6.07) is 1.57. The maximum atomic E-state index is 11.9. The molecule has 0 spiro atoms. The van der Waals surface area contributed by atoms with E-state index < -0.39 is 0 Å². The van der Waals surface area contributed by atoms with Crippen LogP contribution in [0.1, 0.15) is 54.3 Å². The second-order valence-corrected chi connectivity index (χ2v) is 5.16. The zero-order valence-electron chi connectivity index (χ0n) is 12.4. The summed E-state index contributed by atoms with van der Waals surface area (Å²) >= 11 is 0. The minimum absolute atomic E-state index is 0.191. The monoisotopic (exact) mass is 277 g/mol. The van der Waals surface area contributed by atoms with Gasteiger partial charge in [-0.2, -0.15) is 0 Å². The van der Waals surface area contributed by atoms with E-state index in [0.29, 0.717) is 30.1 Å². The third-order valence-electron chi connectivity index (χ3n) is 2.81. The van der Waals surface area contributed by atoms with Crippen molar-refractivity contribution in [2.75, 3.05) is 13.1 Å². The number of nitrogens with one attached hydrogen (secondary N) is 2. The lowest BCUT2D eigenvalue weighted by molar-refractivity contribution is 0.0951. The van der Waals surface area contributed by atoms with E-state index in [2.05, 4.69) is 29.5 Å². The Morgan fingerprint density at radius 2 is 1.65 bits per heavy atom. The normalized spacial score (nSPS) is 10.4. The summed E-state index contributed by atoms with van der Waals surface area (Å²) in [5.41, 5.74) is 0.827. The van der Waals surface area contributed by atoms with Crippen molar-refractivity contribution < 1.29 is 9.59 Å². The van der Waals surface area contributed by atoms with Crippen LogP contribution in [-0.2, 0) is 0 Å². The van der Waals surface area contributed by atoms with Crippen LogP contribution in [0.15, 0.2) is 18.5 Å².